The number of rotatable bonds is 2. The highest BCUT2D eigenvalue weighted by Crippen LogP contribution is 2.24. The highest BCUT2D eigenvalue weighted by atomic mass is 19.1. The van der Waals surface area contributed by atoms with Gasteiger partial charge in [-0.3, -0.25) is 0 Å². The number of imidazole rings is 1. The van der Waals surface area contributed by atoms with E-state index in [4.69, 9.17) is 5.73 Å². The zero-order chi connectivity index (χ0) is 11.9. The van der Waals surface area contributed by atoms with Gasteiger partial charge in [0.2, 0.25) is 0 Å². The van der Waals surface area contributed by atoms with Crippen LogP contribution in [-0.2, 0) is 6.54 Å². The van der Waals surface area contributed by atoms with Gasteiger partial charge >= 0.3 is 0 Å². The molecule has 1 aromatic carbocycles. The maximum atomic E-state index is 13.8. The van der Waals surface area contributed by atoms with Crippen molar-refractivity contribution in [1.29, 1.82) is 0 Å². The Morgan fingerprint density at radius 3 is 2.69 bits per heavy atom. The summed E-state index contributed by atoms with van der Waals surface area (Å²) in [7, 11) is 0. The van der Waals surface area contributed by atoms with Crippen molar-refractivity contribution in [1.82, 2.24) is 9.55 Å². The molecule has 86 valence electrons. The molecule has 0 saturated heterocycles. The molecular weight excluding hydrogens is 205 g/mol. The minimum Gasteiger partial charge on any atom is -0.326 e. The van der Waals surface area contributed by atoms with Gasteiger partial charge in [0.1, 0.15) is 11.3 Å². The number of nitrogens with two attached hydrogens (primary N) is 1. The SMILES string of the molecule is Cc1nc2c(F)cc(CN)cc2n1C(C)C. The second-order valence-electron chi connectivity index (χ2n) is 4.27. The maximum absolute atomic E-state index is 13.8. The van der Waals surface area contributed by atoms with Crippen LogP contribution >= 0.6 is 0 Å². The minimum absolute atomic E-state index is 0.262. The molecule has 4 heteroatoms. The molecule has 0 spiro atoms. The summed E-state index contributed by atoms with van der Waals surface area (Å²) in [6, 6.07) is 3.63. The lowest BCUT2D eigenvalue weighted by Gasteiger charge is -2.11. The summed E-state index contributed by atoms with van der Waals surface area (Å²) in [4.78, 5) is 4.26. The van der Waals surface area contributed by atoms with Crippen molar-refractivity contribution >= 4 is 11.0 Å². The van der Waals surface area contributed by atoms with Crippen LogP contribution in [0.3, 0.4) is 0 Å². The average Bonchev–Trinajstić information content (AvgIpc) is 2.54. The first-order valence-electron chi connectivity index (χ1n) is 5.41. The third-order valence-electron chi connectivity index (χ3n) is 2.74. The molecule has 0 fully saturated rings. The Labute approximate surface area is 94.1 Å². The quantitative estimate of drug-likeness (QED) is 0.846. The van der Waals surface area contributed by atoms with Crippen molar-refractivity contribution in [3.8, 4) is 0 Å². The number of halogens is 1. The molecule has 16 heavy (non-hydrogen) atoms. The van der Waals surface area contributed by atoms with E-state index in [-0.39, 0.29) is 11.9 Å². The van der Waals surface area contributed by atoms with E-state index < -0.39 is 0 Å². The van der Waals surface area contributed by atoms with Crippen LogP contribution in [0, 0.1) is 12.7 Å². The first-order valence-corrected chi connectivity index (χ1v) is 5.41. The number of hydrogen-bond acceptors (Lipinski definition) is 2. The van der Waals surface area contributed by atoms with E-state index in [1.54, 1.807) is 0 Å². The summed E-state index contributed by atoms with van der Waals surface area (Å²) < 4.78 is 15.8. The zero-order valence-corrected chi connectivity index (χ0v) is 9.79. The normalized spacial score (nSPS) is 11.6. The topological polar surface area (TPSA) is 43.8 Å². The van der Waals surface area contributed by atoms with Gasteiger partial charge in [-0.1, -0.05) is 0 Å². The van der Waals surface area contributed by atoms with Gasteiger partial charge in [-0.05, 0) is 38.5 Å². The van der Waals surface area contributed by atoms with Gasteiger partial charge in [0.25, 0.3) is 0 Å². The van der Waals surface area contributed by atoms with Crippen molar-refractivity contribution in [3.05, 3.63) is 29.3 Å². The van der Waals surface area contributed by atoms with Crippen LogP contribution in [0.1, 0.15) is 31.3 Å². The molecule has 0 aliphatic heterocycles. The third-order valence-corrected chi connectivity index (χ3v) is 2.74. The smallest absolute Gasteiger partial charge is 0.151 e. The van der Waals surface area contributed by atoms with Gasteiger partial charge in [-0.15, -0.1) is 0 Å². The lowest BCUT2D eigenvalue weighted by molar-refractivity contribution is 0.599. The lowest BCUT2D eigenvalue weighted by Crippen LogP contribution is -2.04. The number of aromatic nitrogens is 2. The van der Waals surface area contributed by atoms with E-state index in [0.29, 0.717) is 12.1 Å². The molecule has 2 rings (SSSR count). The molecule has 0 saturated carbocycles. The highest BCUT2D eigenvalue weighted by molar-refractivity contribution is 5.77. The third kappa shape index (κ3) is 1.59. The summed E-state index contributed by atoms with van der Waals surface area (Å²) in [5, 5.41) is 0. The van der Waals surface area contributed by atoms with E-state index in [0.717, 1.165) is 16.9 Å². The monoisotopic (exact) mass is 221 g/mol. The van der Waals surface area contributed by atoms with Gasteiger partial charge in [-0.25, -0.2) is 9.37 Å². The van der Waals surface area contributed by atoms with Gasteiger partial charge in [0.15, 0.2) is 5.82 Å². The van der Waals surface area contributed by atoms with Crippen LogP contribution in [-0.4, -0.2) is 9.55 Å². The first kappa shape index (κ1) is 11.1. The molecule has 2 aromatic rings. The van der Waals surface area contributed by atoms with Crippen molar-refractivity contribution in [2.75, 3.05) is 0 Å². The van der Waals surface area contributed by atoms with Crippen LogP contribution in [0.2, 0.25) is 0 Å². The maximum Gasteiger partial charge on any atom is 0.151 e. The first-order chi connectivity index (χ1) is 7.54. The summed E-state index contributed by atoms with van der Waals surface area (Å²) in [5.41, 5.74) is 7.60. The summed E-state index contributed by atoms with van der Waals surface area (Å²) in [6.07, 6.45) is 0. The van der Waals surface area contributed by atoms with E-state index in [9.17, 15) is 4.39 Å². The standard InChI is InChI=1S/C12H16FN3/c1-7(2)16-8(3)15-12-10(13)4-9(6-14)5-11(12)16/h4-5,7H,6,14H2,1-3H3. The van der Waals surface area contributed by atoms with Gasteiger partial charge in [0.05, 0.1) is 5.52 Å². The molecule has 3 nitrogen and oxygen atoms in total. The molecule has 0 unspecified atom stereocenters. The van der Waals surface area contributed by atoms with Gasteiger partial charge in [0, 0.05) is 12.6 Å². The molecule has 1 aromatic heterocycles. The fourth-order valence-electron chi connectivity index (χ4n) is 2.09. The van der Waals surface area contributed by atoms with E-state index >= 15 is 0 Å². The highest BCUT2D eigenvalue weighted by Gasteiger charge is 2.14. The summed E-state index contributed by atoms with van der Waals surface area (Å²) >= 11 is 0. The summed E-state index contributed by atoms with van der Waals surface area (Å²) in [6.45, 7) is 6.35. The van der Waals surface area contributed by atoms with Crippen molar-refractivity contribution in [3.63, 3.8) is 0 Å². The number of aryl methyl sites for hydroxylation is 1. The number of hydrogen-bond donors (Lipinski definition) is 1. The Morgan fingerprint density at radius 1 is 1.44 bits per heavy atom. The van der Waals surface area contributed by atoms with Crippen LogP contribution < -0.4 is 5.73 Å². The molecular formula is C12H16FN3. The van der Waals surface area contributed by atoms with Crippen molar-refractivity contribution < 1.29 is 4.39 Å². The molecule has 0 bridgehead atoms. The van der Waals surface area contributed by atoms with Gasteiger partial charge < -0.3 is 10.3 Å². The molecule has 1 heterocycles. The zero-order valence-electron chi connectivity index (χ0n) is 9.79. The molecule has 0 radical (unpaired) electrons. The van der Waals surface area contributed by atoms with E-state index in [1.165, 1.54) is 6.07 Å². The molecule has 0 aliphatic carbocycles. The molecule has 2 N–H and O–H groups in total. The van der Waals surface area contributed by atoms with E-state index in [1.807, 2.05) is 17.6 Å². The van der Waals surface area contributed by atoms with Crippen LogP contribution in [0.4, 0.5) is 4.39 Å². The van der Waals surface area contributed by atoms with Crippen molar-refractivity contribution in [2.24, 2.45) is 5.73 Å². The largest absolute Gasteiger partial charge is 0.326 e. The Morgan fingerprint density at radius 2 is 2.12 bits per heavy atom. The average molecular weight is 221 g/mol. The fourth-order valence-corrected chi connectivity index (χ4v) is 2.09. The fraction of sp³-hybridized carbons (Fsp3) is 0.417. The molecule has 0 atom stereocenters. The predicted molar refractivity (Wildman–Crippen MR) is 62.7 cm³/mol. The second-order valence-corrected chi connectivity index (χ2v) is 4.27. The van der Waals surface area contributed by atoms with Crippen LogP contribution in [0.15, 0.2) is 12.1 Å². The molecule has 0 amide bonds. The predicted octanol–water partition coefficient (Wildman–Crippen LogP) is 2.52. The lowest BCUT2D eigenvalue weighted by atomic mass is 10.2. The van der Waals surface area contributed by atoms with Crippen molar-refractivity contribution in [2.45, 2.75) is 33.4 Å². The Kier molecular flexibility index (Phi) is 2.68. The second kappa shape index (κ2) is 3.87. The Bertz CT molecular complexity index is 529. The number of benzene rings is 1. The minimum atomic E-state index is -0.291. The number of nitrogens with zero attached hydrogens (tertiary/aromatic N) is 2. The van der Waals surface area contributed by atoms with E-state index in [2.05, 4.69) is 18.8 Å². The molecule has 0 aliphatic rings. The van der Waals surface area contributed by atoms with Crippen LogP contribution in [0.25, 0.3) is 11.0 Å². The van der Waals surface area contributed by atoms with Crippen LogP contribution in [0.5, 0.6) is 0 Å². The Balaban J connectivity index is 2.81. The van der Waals surface area contributed by atoms with Gasteiger partial charge in [-0.2, -0.15) is 0 Å². The number of fused-ring (bicyclic) bond motifs is 1. The Hall–Kier alpha value is -1.42. The summed E-state index contributed by atoms with van der Waals surface area (Å²) in [5.74, 6) is 0.540.